The van der Waals surface area contributed by atoms with E-state index in [0.29, 0.717) is 42.1 Å². The fourth-order valence-electron chi connectivity index (χ4n) is 3.26. The molecule has 0 saturated carbocycles. The first-order chi connectivity index (χ1) is 14.0. The third kappa shape index (κ3) is 3.85. The number of pyridine rings is 1. The van der Waals surface area contributed by atoms with Gasteiger partial charge in [-0.05, 0) is 47.0 Å². The van der Waals surface area contributed by atoms with Crippen molar-refractivity contribution in [1.82, 2.24) is 10.3 Å². The van der Waals surface area contributed by atoms with Crippen molar-refractivity contribution in [2.75, 3.05) is 25.1 Å². The number of halogens is 1. The van der Waals surface area contributed by atoms with Crippen molar-refractivity contribution in [3.63, 3.8) is 0 Å². The SMILES string of the molecule is CN1CCOc2c(C(=O)NCc3cccnc3)cc(-c3ccc(O)c(F)c3)cc21. The highest BCUT2D eigenvalue weighted by molar-refractivity contribution is 6.00. The highest BCUT2D eigenvalue weighted by Gasteiger charge is 2.24. The lowest BCUT2D eigenvalue weighted by atomic mass is 9.99. The molecule has 0 unspecified atom stereocenters. The van der Waals surface area contributed by atoms with Crippen molar-refractivity contribution >= 4 is 11.6 Å². The van der Waals surface area contributed by atoms with Crippen molar-refractivity contribution in [1.29, 1.82) is 0 Å². The number of carbonyl (C=O) groups is 1. The van der Waals surface area contributed by atoms with E-state index in [4.69, 9.17) is 4.74 Å². The number of hydrogen-bond donors (Lipinski definition) is 2. The number of nitrogens with zero attached hydrogens (tertiary/aromatic N) is 2. The van der Waals surface area contributed by atoms with Gasteiger partial charge in [-0.3, -0.25) is 9.78 Å². The molecule has 1 aromatic heterocycles. The van der Waals surface area contributed by atoms with Crippen LogP contribution in [0.4, 0.5) is 10.1 Å². The summed E-state index contributed by atoms with van der Waals surface area (Å²) in [5, 5.41) is 12.4. The molecule has 2 aromatic carbocycles. The van der Waals surface area contributed by atoms with E-state index in [1.54, 1.807) is 30.6 Å². The Kier molecular flexibility index (Phi) is 5.03. The van der Waals surface area contributed by atoms with Gasteiger partial charge in [-0.15, -0.1) is 0 Å². The summed E-state index contributed by atoms with van der Waals surface area (Å²) < 4.78 is 19.7. The van der Waals surface area contributed by atoms with E-state index in [1.807, 2.05) is 24.1 Å². The van der Waals surface area contributed by atoms with Gasteiger partial charge in [-0.2, -0.15) is 0 Å². The van der Waals surface area contributed by atoms with Crippen molar-refractivity contribution in [3.05, 3.63) is 71.8 Å². The number of anilines is 1. The number of benzene rings is 2. The maximum atomic E-state index is 13.9. The van der Waals surface area contributed by atoms with Crippen molar-refractivity contribution in [3.8, 4) is 22.6 Å². The van der Waals surface area contributed by atoms with Crippen LogP contribution in [0.3, 0.4) is 0 Å². The molecule has 148 valence electrons. The molecule has 1 aliphatic heterocycles. The second-order valence-electron chi connectivity index (χ2n) is 6.85. The number of nitrogens with one attached hydrogen (secondary N) is 1. The number of aromatic nitrogens is 1. The van der Waals surface area contributed by atoms with Crippen LogP contribution in [-0.2, 0) is 6.54 Å². The van der Waals surface area contributed by atoms with E-state index >= 15 is 0 Å². The second-order valence-corrected chi connectivity index (χ2v) is 6.85. The normalized spacial score (nSPS) is 12.8. The smallest absolute Gasteiger partial charge is 0.255 e. The van der Waals surface area contributed by atoms with Crippen molar-refractivity contribution in [2.24, 2.45) is 0 Å². The van der Waals surface area contributed by atoms with Crippen molar-refractivity contribution in [2.45, 2.75) is 6.54 Å². The molecule has 2 heterocycles. The topological polar surface area (TPSA) is 74.7 Å². The van der Waals surface area contributed by atoms with Gasteiger partial charge in [-0.25, -0.2) is 4.39 Å². The first-order valence-corrected chi connectivity index (χ1v) is 9.21. The average Bonchev–Trinajstić information content (AvgIpc) is 2.74. The van der Waals surface area contributed by atoms with E-state index in [0.717, 1.165) is 11.3 Å². The van der Waals surface area contributed by atoms with Gasteiger partial charge in [0.2, 0.25) is 0 Å². The summed E-state index contributed by atoms with van der Waals surface area (Å²) in [5.41, 5.74) is 3.23. The molecule has 0 saturated heterocycles. The number of carbonyl (C=O) groups excluding carboxylic acids is 1. The molecular weight excluding hydrogens is 373 g/mol. The van der Waals surface area contributed by atoms with Gasteiger partial charge in [0, 0.05) is 26.0 Å². The Morgan fingerprint density at radius 2 is 2.14 bits per heavy atom. The molecule has 0 aliphatic carbocycles. The summed E-state index contributed by atoms with van der Waals surface area (Å²) in [6.07, 6.45) is 3.36. The quantitative estimate of drug-likeness (QED) is 0.711. The fourth-order valence-corrected chi connectivity index (χ4v) is 3.26. The molecule has 0 radical (unpaired) electrons. The Labute approximate surface area is 167 Å². The minimum atomic E-state index is -0.715. The van der Waals surface area contributed by atoms with Gasteiger partial charge in [0.1, 0.15) is 6.61 Å². The molecule has 0 fully saturated rings. The molecule has 3 aromatic rings. The number of ether oxygens (including phenoxy) is 1. The molecule has 7 heteroatoms. The molecular formula is C22H20FN3O3. The lowest BCUT2D eigenvalue weighted by molar-refractivity contribution is 0.0946. The molecule has 29 heavy (non-hydrogen) atoms. The number of phenolic OH excluding ortho intramolecular Hbond substituents is 1. The molecule has 6 nitrogen and oxygen atoms in total. The molecule has 0 atom stereocenters. The third-order valence-corrected chi connectivity index (χ3v) is 4.86. The number of phenols is 1. The number of rotatable bonds is 4. The monoisotopic (exact) mass is 393 g/mol. The molecule has 1 amide bonds. The Balaban J connectivity index is 1.72. The largest absolute Gasteiger partial charge is 0.505 e. The van der Waals surface area contributed by atoms with Crippen LogP contribution in [0.2, 0.25) is 0 Å². The van der Waals surface area contributed by atoms with E-state index in [2.05, 4.69) is 10.3 Å². The Hall–Kier alpha value is -3.61. The lowest BCUT2D eigenvalue weighted by Crippen LogP contribution is -2.31. The van der Waals surface area contributed by atoms with Crippen LogP contribution in [0.15, 0.2) is 54.9 Å². The predicted molar refractivity (Wildman–Crippen MR) is 108 cm³/mol. The van der Waals surface area contributed by atoms with Gasteiger partial charge in [-0.1, -0.05) is 12.1 Å². The summed E-state index contributed by atoms with van der Waals surface area (Å²) in [6, 6.07) is 11.4. The van der Waals surface area contributed by atoms with Crippen LogP contribution in [0.1, 0.15) is 15.9 Å². The molecule has 0 spiro atoms. The minimum absolute atomic E-state index is 0.290. The average molecular weight is 393 g/mol. The van der Waals surface area contributed by atoms with Gasteiger partial charge < -0.3 is 20.1 Å². The Bertz CT molecular complexity index is 1060. The van der Waals surface area contributed by atoms with Crippen LogP contribution >= 0.6 is 0 Å². The van der Waals surface area contributed by atoms with Crippen LogP contribution in [0.5, 0.6) is 11.5 Å². The highest BCUT2D eigenvalue weighted by atomic mass is 19.1. The summed E-state index contributed by atoms with van der Waals surface area (Å²) in [4.78, 5) is 19.0. The van der Waals surface area contributed by atoms with E-state index < -0.39 is 11.6 Å². The summed E-state index contributed by atoms with van der Waals surface area (Å²) in [6.45, 7) is 1.48. The summed E-state index contributed by atoms with van der Waals surface area (Å²) in [7, 11) is 1.92. The fraction of sp³-hybridized carbons (Fsp3) is 0.182. The number of likely N-dealkylation sites (N-methyl/N-ethyl adjacent to an activating group) is 1. The first kappa shape index (κ1) is 18.7. The van der Waals surface area contributed by atoms with Crippen LogP contribution in [0.25, 0.3) is 11.1 Å². The first-order valence-electron chi connectivity index (χ1n) is 9.21. The Morgan fingerprint density at radius 3 is 2.90 bits per heavy atom. The van der Waals surface area contributed by atoms with E-state index in [-0.39, 0.29) is 5.91 Å². The van der Waals surface area contributed by atoms with Gasteiger partial charge in [0.15, 0.2) is 17.3 Å². The zero-order chi connectivity index (χ0) is 20.4. The second kappa shape index (κ2) is 7.79. The number of hydrogen-bond acceptors (Lipinski definition) is 5. The Morgan fingerprint density at radius 1 is 1.28 bits per heavy atom. The van der Waals surface area contributed by atoms with E-state index in [1.165, 1.54) is 12.1 Å². The van der Waals surface area contributed by atoms with Gasteiger partial charge >= 0.3 is 0 Å². The lowest BCUT2D eigenvalue weighted by Gasteiger charge is -2.29. The molecule has 1 aliphatic rings. The minimum Gasteiger partial charge on any atom is -0.505 e. The number of fused-ring (bicyclic) bond motifs is 1. The number of amides is 1. The van der Waals surface area contributed by atoms with Gasteiger partial charge in [0.05, 0.1) is 17.8 Å². The van der Waals surface area contributed by atoms with Crippen LogP contribution < -0.4 is 15.0 Å². The maximum absolute atomic E-state index is 13.9. The zero-order valence-electron chi connectivity index (χ0n) is 15.9. The standard InChI is InChI=1S/C22H20FN3O3/c1-26-7-8-29-21-17(22(28)25-13-14-3-2-6-24-12-14)9-16(11-19(21)26)15-4-5-20(27)18(23)10-15/h2-6,9-12,27H,7-8,13H2,1H3,(H,25,28). The van der Waals surface area contributed by atoms with Crippen LogP contribution in [-0.4, -0.2) is 36.2 Å². The summed E-state index contributed by atoms with van der Waals surface area (Å²) in [5.74, 6) is -0.916. The molecule has 2 N–H and O–H groups in total. The molecule has 4 rings (SSSR count). The molecule has 0 bridgehead atoms. The summed E-state index contributed by atoms with van der Waals surface area (Å²) >= 11 is 0. The third-order valence-electron chi connectivity index (χ3n) is 4.86. The van der Waals surface area contributed by atoms with Gasteiger partial charge in [0.25, 0.3) is 5.91 Å². The highest BCUT2D eigenvalue weighted by Crippen LogP contribution is 2.39. The van der Waals surface area contributed by atoms with E-state index in [9.17, 15) is 14.3 Å². The van der Waals surface area contributed by atoms with Crippen molar-refractivity contribution < 1.29 is 19.0 Å². The predicted octanol–water partition coefficient (Wildman–Crippen LogP) is 3.35. The number of aromatic hydroxyl groups is 1. The zero-order valence-corrected chi connectivity index (χ0v) is 15.9. The maximum Gasteiger partial charge on any atom is 0.255 e. The van der Waals surface area contributed by atoms with Crippen LogP contribution in [0, 0.1) is 5.82 Å².